The van der Waals surface area contributed by atoms with Crippen LogP contribution in [0, 0.1) is 5.82 Å². The molecule has 3 aromatic rings. The fourth-order valence-corrected chi connectivity index (χ4v) is 4.60. The first-order valence-electron chi connectivity index (χ1n) is 11.5. The van der Waals surface area contributed by atoms with Crippen LogP contribution in [0.15, 0.2) is 24.4 Å². The molecule has 0 saturated carbocycles. The molecule has 1 N–H and O–H groups in total. The van der Waals surface area contributed by atoms with Crippen LogP contribution < -0.4 is 10.2 Å². The summed E-state index contributed by atoms with van der Waals surface area (Å²) in [6, 6.07) is 5.12. The normalized spacial score (nSPS) is 15.6. The van der Waals surface area contributed by atoms with Gasteiger partial charge in [-0.15, -0.1) is 0 Å². The van der Waals surface area contributed by atoms with E-state index in [0.717, 1.165) is 48.7 Å². The van der Waals surface area contributed by atoms with Gasteiger partial charge in [-0.2, -0.15) is 5.10 Å². The minimum atomic E-state index is -0.425. The number of esters is 1. The van der Waals surface area contributed by atoms with Crippen LogP contribution in [0.25, 0.3) is 11.4 Å². The molecule has 10 heteroatoms. The smallest absolute Gasteiger partial charge is 0.359 e. The van der Waals surface area contributed by atoms with E-state index in [1.807, 2.05) is 6.07 Å². The van der Waals surface area contributed by atoms with Crippen LogP contribution in [-0.4, -0.2) is 70.5 Å². The number of carbonyl (C=O) groups excluding carboxylic acids is 1. The number of piperazine rings is 1. The molecule has 1 fully saturated rings. The van der Waals surface area contributed by atoms with Crippen molar-refractivity contribution < 1.29 is 13.9 Å². The number of carbonyl (C=O) groups is 1. The molecular weight excluding hydrogens is 437 g/mol. The van der Waals surface area contributed by atoms with E-state index in [1.165, 1.54) is 6.07 Å². The number of likely N-dealkylation sites (N-methyl/N-ethyl adjacent to an activating group) is 1. The summed E-state index contributed by atoms with van der Waals surface area (Å²) in [5.74, 6) is -0.344. The molecule has 2 aliphatic rings. The first kappa shape index (κ1) is 22.3. The second-order valence-corrected chi connectivity index (χ2v) is 8.67. The summed E-state index contributed by atoms with van der Waals surface area (Å²) in [6.07, 6.45) is 3.15. The standard InChI is InChI=1S/C24H28FN7O2/c1-4-34-23(33)21-17-7-5-15-14-26-24(28-20(15)22(17)31(3)29-21)27-16-6-8-19(18(25)13-16)32-11-9-30(2)10-12-32/h6,8,13-14H,4-5,7,9-12H2,1-3H3,(H,26,27,28). The maximum atomic E-state index is 14.9. The van der Waals surface area contributed by atoms with Crippen molar-refractivity contribution in [1.29, 1.82) is 0 Å². The van der Waals surface area contributed by atoms with Gasteiger partial charge >= 0.3 is 5.97 Å². The molecule has 1 aliphatic carbocycles. The van der Waals surface area contributed by atoms with Crippen LogP contribution in [0.3, 0.4) is 0 Å². The number of nitrogens with zero attached hydrogens (tertiary/aromatic N) is 6. The summed E-state index contributed by atoms with van der Waals surface area (Å²) in [7, 11) is 3.86. The van der Waals surface area contributed by atoms with Crippen molar-refractivity contribution in [1.82, 2.24) is 24.6 Å². The van der Waals surface area contributed by atoms with Gasteiger partial charge in [0.2, 0.25) is 5.95 Å². The first-order chi connectivity index (χ1) is 16.4. The third-order valence-electron chi connectivity index (χ3n) is 6.40. The molecule has 0 atom stereocenters. The van der Waals surface area contributed by atoms with Crippen LogP contribution in [0.4, 0.5) is 21.7 Å². The molecule has 3 heterocycles. The summed E-state index contributed by atoms with van der Waals surface area (Å²) in [5, 5.41) is 7.52. The maximum Gasteiger partial charge on any atom is 0.359 e. The molecule has 1 aromatic carbocycles. The number of benzene rings is 1. The monoisotopic (exact) mass is 465 g/mol. The Bertz CT molecular complexity index is 1230. The molecule has 0 unspecified atom stereocenters. The zero-order chi connectivity index (χ0) is 23.8. The third-order valence-corrected chi connectivity index (χ3v) is 6.40. The minimum Gasteiger partial charge on any atom is -0.461 e. The number of rotatable bonds is 5. The van der Waals surface area contributed by atoms with Gasteiger partial charge in [-0.05, 0) is 50.6 Å². The van der Waals surface area contributed by atoms with Gasteiger partial charge in [0.05, 0.1) is 23.7 Å². The zero-order valence-corrected chi connectivity index (χ0v) is 19.6. The van der Waals surface area contributed by atoms with Crippen molar-refractivity contribution in [2.75, 3.05) is 50.1 Å². The number of aromatic nitrogens is 4. The van der Waals surface area contributed by atoms with E-state index in [1.54, 1.807) is 30.9 Å². The van der Waals surface area contributed by atoms with Gasteiger partial charge < -0.3 is 19.9 Å². The van der Waals surface area contributed by atoms with Crippen molar-refractivity contribution >= 4 is 23.3 Å². The van der Waals surface area contributed by atoms with E-state index in [4.69, 9.17) is 9.72 Å². The number of fused-ring (bicyclic) bond motifs is 3. The number of nitrogens with one attached hydrogen (secondary N) is 1. The van der Waals surface area contributed by atoms with E-state index in [-0.39, 0.29) is 5.82 Å². The molecule has 0 amide bonds. The SMILES string of the molecule is CCOC(=O)c1nn(C)c2c1CCc1cnc(Nc3ccc(N4CCN(C)CC4)c(F)c3)nc1-2. The molecule has 1 aliphatic heterocycles. The second-order valence-electron chi connectivity index (χ2n) is 8.67. The number of hydrogen-bond donors (Lipinski definition) is 1. The molecule has 5 rings (SSSR count). The molecule has 178 valence electrons. The highest BCUT2D eigenvalue weighted by Crippen LogP contribution is 2.34. The van der Waals surface area contributed by atoms with Crippen molar-refractivity contribution in [2.45, 2.75) is 19.8 Å². The Labute approximate surface area is 197 Å². The Morgan fingerprint density at radius 3 is 2.71 bits per heavy atom. The summed E-state index contributed by atoms with van der Waals surface area (Å²) in [6.45, 7) is 5.49. The molecule has 1 saturated heterocycles. The average Bonchev–Trinajstić information content (AvgIpc) is 3.17. The van der Waals surface area contributed by atoms with Crippen molar-refractivity contribution in [3.8, 4) is 11.4 Å². The fraction of sp³-hybridized carbons (Fsp3) is 0.417. The molecule has 9 nitrogen and oxygen atoms in total. The Morgan fingerprint density at radius 1 is 1.18 bits per heavy atom. The number of aryl methyl sites for hydroxylation is 2. The van der Waals surface area contributed by atoms with Crippen LogP contribution in [0.1, 0.15) is 28.5 Å². The first-order valence-corrected chi connectivity index (χ1v) is 11.5. The molecule has 0 radical (unpaired) electrons. The van der Waals surface area contributed by atoms with Gasteiger partial charge in [0.15, 0.2) is 5.69 Å². The Balaban J connectivity index is 1.40. The van der Waals surface area contributed by atoms with E-state index in [0.29, 0.717) is 42.5 Å². The lowest BCUT2D eigenvalue weighted by Crippen LogP contribution is -2.44. The Kier molecular flexibility index (Phi) is 5.91. The molecule has 0 spiro atoms. The van der Waals surface area contributed by atoms with Crippen molar-refractivity contribution in [3.05, 3.63) is 47.0 Å². The van der Waals surface area contributed by atoms with Gasteiger partial charge in [0, 0.05) is 50.7 Å². The largest absolute Gasteiger partial charge is 0.461 e. The van der Waals surface area contributed by atoms with E-state index >= 15 is 0 Å². The van der Waals surface area contributed by atoms with E-state index in [9.17, 15) is 9.18 Å². The molecule has 0 bridgehead atoms. The van der Waals surface area contributed by atoms with Crippen LogP contribution in [0.2, 0.25) is 0 Å². The highest BCUT2D eigenvalue weighted by molar-refractivity contribution is 5.91. The van der Waals surface area contributed by atoms with Gasteiger partial charge in [-0.1, -0.05) is 0 Å². The van der Waals surface area contributed by atoms with E-state index in [2.05, 4.69) is 32.2 Å². The van der Waals surface area contributed by atoms with Crippen molar-refractivity contribution in [2.24, 2.45) is 7.05 Å². The predicted octanol–water partition coefficient (Wildman–Crippen LogP) is 2.79. The summed E-state index contributed by atoms with van der Waals surface area (Å²) >= 11 is 0. The number of ether oxygens (including phenoxy) is 1. The Hall–Kier alpha value is -3.53. The molecule has 2 aromatic heterocycles. The molecule has 34 heavy (non-hydrogen) atoms. The quantitative estimate of drug-likeness (QED) is 0.576. The molecular formula is C24H28FN7O2. The minimum absolute atomic E-state index is 0.277. The Morgan fingerprint density at radius 2 is 1.97 bits per heavy atom. The number of hydrogen-bond acceptors (Lipinski definition) is 8. The third kappa shape index (κ3) is 4.09. The zero-order valence-electron chi connectivity index (χ0n) is 19.6. The van der Waals surface area contributed by atoms with Crippen molar-refractivity contribution in [3.63, 3.8) is 0 Å². The van der Waals surface area contributed by atoms with Gasteiger partial charge in [-0.3, -0.25) is 4.68 Å². The van der Waals surface area contributed by atoms with Gasteiger partial charge in [-0.25, -0.2) is 19.2 Å². The van der Waals surface area contributed by atoms with Gasteiger partial charge in [0.1, 0.15) is 5.82 Å². The fourth-order valence-electron chi connectivity index (χ4n) is 4.60. The van der Waals surface area contributed by atoms with Crippen LogP contribution >= 0.6 is 0 Å². The van der Waals surface area contributed by atoms with Crippen LogP contribution in [-0.2, 0) is 24.6 Å². The lowest BCUT2D eigenvalue weighted by molar-refractivity contribution is 0.0517. The van der Waals surface area contributed by atoms with Crippen LogP contribution in [0.5, 0.6) is 0 Å². The summed E-state index contributed by atoms with van der Waals surface area (Å²) < 4.78 is 21.7. The number of anilines is 3. The summed E-state index contributed by atoms with van der Waals surface area (Å²) in [4.78, 5) is 25.8. The predicted molar refractivity (Wildman–Crippen MR) is 127 cm³/mol. The average molecular weight is 466 g/mol. The van der Waals surface area contributed by atoms with Gasteiger partial charge in [0.25, 0.3) is 0 Å². The summed E-state index contributed by atoms with van der Waals surface area (Å²) in [5.41, 5.74) is 4.83. The number of halogens is 1. The second kappa shape index (κ2) is 9.02. The topological polar surface area (TPSA) is 88.4 Å². The van der Waals surface area contributed by atoms with E-state index < -0.39 is 5.97 Å². The lowest BCUT2D eigenvalue weighted by Gasteiger charge is -2.34. The lowest BCUT2D eigenvalue weighted by atomic mass is 9.93. The highest BCUT2D eigenvalue weighted by Gasteiger charge is 2.29. The maximum absolute atomic E-state index is 14.9. The highest BCUT2D eigenvalue weighted by atomic mass is 19.1.